The van der Waals surface area contributed by atoms with Gasteiger partial charge in [0.2, 0.25) is 0 Å². The molecule has 0 saturated carbocycles. The van der Waals surface area contributed by atoms with E-state index in [-0.39, 0.29) is 11.9 Å². The molecule has 0 saturated heterocycles. The van der Waals surface area contributed by atoms with Gasteiger partial charge < -0.3 is 9.47 Å². The maximum Gasteiger partial charge on any atom is 0.161 e. The van der Waals surface area contributed by atoms with Crippen molar-refractivity contribution in [2.75, 3.05) is 7.11 Å². The van der Waals surface area contributed by atoms with E-state index in [0.29, 0.717) is 17.1 Å². The average Bonchev–Trinajstić information content (AvgIpc) is 2.17. The molecule has 15 heavy (non-hydrogen) atoms. The molecule has 0 aromatic heterocycles. The zero-order chi connectivity index (χ0) is 11.4. The Bertz CT molecular complexity index is 356. The molecule has 1 aromatic rings. The Hall–Kier alpha value is -1.51. The first kappa shape index (κ1) is 11.6. The Morgan fingerprint density at radius 3 is 2.40 bits per heavy atom. The van der Waals surface area contributed by atoms with Gasteiger partial charge in [0.1, 0.15) is 0 Å². The molecule has 0 fully saturated rings. The zero-order valence-electron chi connectivity index (χ0n) is 9.53. The van der Waals surface area contributed by atoms with E-state index in [4.69, 9.17) is 9.47 Å². The summed E-state index contributed by atoms with van der Waals surface area (Å²) in [5, 5.41) is 0. The molecule has 3 nitrogen and oxygen atoms in total. The molecule has 1 aromatic carbocycles. The van der Waals surface area contributed by atoms with Gasteiger partial charge in [-0.3, -0.25) is 4.79 Å². The molecule has 0 N–H and O–H groups in total. The van der Waals surface area contributed by atoms with Gasteiger partial charge in [-0.25, -0.2) is 0 Å². The van der Waals surface area contributed by atoms with E-state index in [0.717, 1.165) is 0 Å². The second kappa shape index (κ2) is 4.82. The number of benzene rings is 1. The van der Waals surface area contributed by atoms with Crippen molar-refractivity contribution in [3.05, 3.63) is 23.8 Å². The highest BCUT2D eigenvalue weighted by molar-refractivity contribution is 5.94. The van der Waals surface area contributed by atoms with Gasteiger partial charge in [0.25, 0.3) is 0 Å². The highest BCUT2D eigenvalue weighted by Gasteiger charge is 2.09. The van der Waals surface area contributed by atoms with Crippen molar-refractivity contribution >= 4 is 5.78 Å². The van der Waals surface area contributed by atoms with Crippen LogP contribution in [-0.4, -0.2) is 19.0 Å². The molecule has 0 aliphatic carbocycles. The summed E-state index contributed by atoms with van der Waals surface area (Å²) in [6.45, 7) is 5.41. The van der Waals surface area contributed by atoms with Crippen LogP contribution in [0, 0.1) is 0 Å². The topological polar surface area (TPSA) is 35.5 Å². The highest BCUT2D eigenvalue weighted by atomic mass is 16.5. The predicted molar refractivity (Wildman–Crippen MR) is 58.8 cm³/mol. The minimum absolute atomic E-state index is 0.0180. The number of ketones is 1. The lowest BCUT2D eigenvalue weighted by Crippen LogP contribution is -2.07. The van der Waals surface area contributed by atoms with E-state index in [1.807, 2.05) is 13.8 Å². The molecule has 0 atom stereocenters. The van der Waals surface area contributed by atoms with E-state index >= 15 is 0 Å². The van der Waals surface area contributed by atoms with Gasteiger partial charge in [-0.1, -0.05) is 0 Å². The molecule has 82 valence electrons. The fourth-order valence-electron chi connectivity index (χ4n) is 1.24. The fraction of sp³-hybridized carbons (Fsp3) is 0.417. The molecular weight excluding hydrogens is 192 g/mol. The van der Waals surface area contributed by atoms with Crippen LogP contribution in [0.25, 0.3) is 0 Å². The molecule has 0 unspecified atom stereocenters. The molecule has 3 heteroatoms. The number of ether oxygens (including phenoxy) is 2. The van der Waals surface area contributed by atoms with Crippen LogP contribution in [0.3, 0.4) is 0 Å². The van der Waals surface area contributed by atoms with Crippen LogP contribution in [0.5, 0.6) is 11.5 Å². The summed E-state index contributed by atoms with van der Waals surface area (Å²) in [6, 6.07) is 5.19. The van der Waals surface area contributed by atoms with Crippen molar-refractivity contribution in [2.45, 2.75) is 26.9 Å². The summed E-state index contributed by atoms with van der Waals surface area (Å²) in [4.78, 5) is 11.2. The third kappa shape index (κ3) is 2.98. The Labute approximate surface area is 90.0 Å². The molecule has 0 bridgehead atoms. The summed E-state index contributed by atoms with van der Waals surface area (Å²) in [5.74, 6) is 1.28. The van der Waals surface area contributed by atoms with Gasteiger partial charge >= 0.3 is 0 Å². The molecule has 0 aliphatic heterocycles. The van der Waals surface area contributed by atoms with E-state index in [2.05, 4.69) is 0 Å². The van der Waals surface area contributed by atoms with E-state index < -0.39 is 0 Å². The van der Waals surface area contributed by atoms with Crippen LogP contribution in [-0.2, 0) is 0 Å². The van der Waals surface area contributed by atoms with Crippen LogP contribution in [0.4, 0.5) is 0 Å². The smallest absolute Gasteiger partial charge is 0.161 e. The van der Waals surface area contributed by atoms with Gasteiger partial charge in [-0.2, -0.15) is 0 Å². The fourth-order valence-corrected chi connectivity index (χ4v) is 1.24. The Morgan fingerprint density at radius 1 is 1.27 bits per heavy atom. The van der Waals surface area contributed by atoms with E-state index in [1.165, 1.54) is 6.92 Å². The first-order valence-corrected chi connectivity index (χ1v) is 4.90. The number of carbonyl (C=O) groups is 1. The average molecular weight is 208 g/mol. The van der Waals surface area contributed by atoms with Crippen molar-refractivity contribution < 1.29 is 14.3 Å². The molecule has 0 aliphatic rings. The number of Topliss-reactive ketones (excluding diaryl/α,β-unsaturated/α-hetero) is 1. The number of carbonyl (C=O) groups excluding carboxylic acids is 1. The van der Waals surface area contributed by atoms with Gasteiger partial charge in [-0.05, 0) is 39.0 Å². The van der Waals surface area contributed by atoms with Crippen molar-refractivity contribution in [1.82, 2.24) is 0 Å². The van der Waals surface area contributed by atoms with Gasteiger partial charge in [-0.15, -0.1) is 0 Å². The van der Waals surface area contributed by atoms with Crippen LogP contribution >= 0.6 is 0 Å². The number of rotatable bonds is 4. The lowest BCUT2D eigenvalue weighted by atomic mass is 10.1. The monoisotopic (exact) mass is 208 g/mol. The highest BCUT2D eigenvalue weighted by Crippen LogP contribution is 2.28. The standard InChI is InChI=1S/C12H16O3/c1-8(2)15-11-6-5-10(9(3)13)7-12(11)14-4/h5-8H,1-4H3. The Balaban J connectivity index is 3.03. The lowest BCUT2D eigenvalue weighted by molar-refractivity contribution is 0.101. The lowest BCUT2D eigenvalue weighted by Gasteiger charge is -2.13. The summed E-state index contributed by atoms with van der Waals surface area (Å²) < 4.78 is 10.7. The largest absolute Gasteiger partial charge is 0.493 e. The quantitative estimate of drug-likeness (QED) is 0.713. The van der Waals surface area contributed by atoms with Crippen molar-refractivity contribution in [1.29, 1.82) is 0 Å². The molecule has 0 radical (unpaired) electrons. The Morgan fingerprint density at radius 2 is 1.93 bits per heavy atom. The maximum absolute atomic E-state index is 11.2. The molecular formula is C12H16O3. The number of hydrogen-bond acceptors (Lipinski definition) is 3. The molecule has 0 spiro atoms. The zero-order valence-corrected chi connectivity index (χ0v) is 9.53. The first-order valence-electron chi connectivity index (χ1n) is 4.90. The van der Waals surface area contributed by atoms with Crippen LogP contribution in [0.1, 0.15) is 31.1 Å². The number of methoxy groups -OCH3 is 1. The van der Waals surface area contributed by atoms with Crippen LogP contribution in [0.15, 0.2) is 18.2 Å². The summed E-state index contributed by atoms with van der Waals surface area (Å²) in [7, 11) is 1.56. The van der Waals surface area contributed by atoms with Gasteiger partial charge in [0, 0.05) is 5.56 Å². The number of hydrogen-bond donors (Lipinski definition) is 0. The second-order valence-electron chi connectivity index (χ2n) is 3.59. The molecule has 1 rings (SSSR count). The van der Waals surface area contributed by atoms with Crippen molar-refractivity contribution in [2.24, 2.45) is 0 Å². The predicted octanol–water partition coefficient (Wildman–Crippen LogP) is 2.69. The first-order chi connectivity index (χ1) is 7.04. The van der Waals surface area contributed by atoms with E-state index in [1.54, 1.807) is 25.3 Å². The Kier molecular flexibility index (Phi) is 3.72. The van der Waals surface area contributed by atoms with E-state index in [9.17, 15) is 4.79 Å². The third-order valence-electron chi connectivity index (χ3n) is 1.93. The van der Waals surface area contributed by atoms with Gasteiger partial charge in [0.05, 0.1) is 13.2 Å². The summed E-state index contributed by atoms with van der Waals surface area (Å²) >= 11 is 0. The van der Waals surface area contributed by atoms with Crippen LogP contribution < -0.4 is 9.47 Å². The van der Waals surface area contributed by atoms with Gasteiger partial charge in [0.15, 0.2) is 17.3 Å². The maximum atomic E-state index is 11.2. The molecule has 0 amide bonds. The van der Waals surface area contributed by atoms with Crippen LogP contribution in [0.2, 0.25) is 0 Å². The SMILES string of the molecule is COc1cc(C(C)=O)ccc1OC(C)C. The normalized spacial score (nSPS) is 10.2. The summed E-state index contributed by atoms with van der Waals surface area (Å²) in [5.41, 5.74) is 0.628. The minimum Gasteiger partial charge on any atom is -0.493 e. The summed E-state index contributed by atoms with van der Waals surface area (Å²) in [6.07, 6.45) is 0.0853. The molecule has 0 heterocycles. The third-order valence-corrected chi connectivity index (χ3v) is 1.93. The van der Waals surface area contributed by atoms with Crippen molar-refractivity contribution in [3.8, 4) is 11.5 Å². The second-order valence-corrected chi connectivity index (χ2v) is 3.59. The minimum atomic E-state index is 0.0180. The van der Waals surface area contributed by atoms with Crippen molar-refractivity contribution in [3.63, 3.8) is 0 Å².